The maximum Gasteiger partial charge on any atom is 0.417 e. The number of carbonyl (C=O) groups is 2. The molecule has 132 valence electrons. The molecular weight excluding hydrogens is 329 g/mol. The zero-order valence-electron chi connectivity index (χ0n) is 12.9. The third-order valence-corrected chi connectivity index (χ3v) is 2.92. The SMILES string of the molecule is C=C(CC(=O)N[C@@H](C)c1ccc(C(F)(F)F)cn1)C(=O)OCCO. The van der Waals surface area contributed by atoms with E-state index in [4.69, 9.17) is 5.11 Å². The van der Waals surface area contributed by atoms with Crippen LogP contribution in [-0.2, 0) is 20.5 Å². The fourth-order valence-corrected chi connectivity index (χ4v) is 1.70. The first-order valence-electron chi connectivity index (χ1n) is 6.93. The van der Waals surface area contributed by atoms with E-state index in [0.29, 0.717) is 6.20 Å². The Morgan fingerprint density at radius 3 is 2.58 bits per heavy atom. The number of ether oxygens (including phenoxy) is 1. The second-order valence-electron chi connectivity index (χ2n) is 4.90. The minimum Gasteiger partial charge on any atom is -0.460 e. The number of carbonyl (C=O) groups excluding carboxylic acids is 2. The second-order valence-corrected chi connectivity index (χ2v) is 4.90. The van der Waals surface area contributed by atoms with Crippen molar-refractivity contribution in [2.45, 2.75) is 25.6 Å². The van der Waals surface area contributed by atoms with E-state index < -0.39 is 29.7 Å². The van der Waals surface area contributed by atoms with Crippen LogP contribution in [0.25, 0.3) is 0 Å². The number of rotatable bonds is 7. The maximum atomic E-state index is 12.5. The Labute approximate surface area is 136 Å². The quantitative estimate of drug-likeness (QED) is 0.580. The second kappa shape index (κ2) is 8.44. The summed E-state index contributed by atoms with van der Waals surface area (Å²) in [4.78, 5) is 26.9. The smallest absolute Gasteiger partial charge is 0.417 e. The van der Waals surface area contributed by atoms with Gasteiger partial charge in [-0.05, 0) is 19.1 Å². The van der Waals surface area contributed by atoms with E-state index in [1.165, 1.54) is 0 Å². The van der Waals surface area contributed by atoms with Crippen LogP contribution in [0.5, 0.6) is 0 Å². The van der Waals surface area contributed by atoms with Gasteiger partial charge in [0, 0.05) is 11.8 Å². The van der Waals surface area contributed by atoms with Crippen LogP contribution >= 0.6 is 0 Å². The molecule has 0 aromatic carbocycles. The Kier molecular flexibility index (Phi) is 6.90. The zero-order chi connectivity index (χ0) is 18.3. The first kappa shape index (κ1) is 19.6. The third kappa shape index (κ3) is 5.99. The van der Waals surface area contributed by atoms with Crippen molar-refractivity contribution in [1.82, 2.24) is 10.3 Å². The van der Waals surface area contributed by atoms with Gasteiger partial charge in [-0.2, -0.15) is 13.2 Å². The highest BCUT2D eigenvalue weighted by molar-refractivity contribution is 5.94. The Morgan fingerprint density at radius 2 is 2.08 bits per heavy atom. The van der Waals surface area contributed by atoms with Crippen molar-refractivity contribution in [3.63, 3.8) is 0 Å². The van der Waals surface area contributed by atoms with E-state index in [2.05, 4.69) is 21.6 Å². The van der Waals surface area contributed by atoms with E-state index in [1.807, 2.05) is 0 Å². The fraction of sp³-hybridized carbons (Fsp3) is 0.400. The van der Waals surface area contributed by atoms with Gasteiger partial charge in [0.25, 0.3) is 0 Å². The minimum absolute atomic E-state index is 0.103. The molecule has 0 spiro atoms. The van der Waals surface area contributed by atoms with Gasteiger partial charge in [-0.25, -0.2) is 4.79 Å². The van der Waals surface area contributed by atoms with Crippen molar-refractivity contribution in [1.29, 1.82) is 0 Å². The van der Waals surface area contributed by atoms with Crippen molar-refractivity contribution in [2.75, 3.05) is 13.2 Å². The van der Waals surface area contributed by atoms with Crippen LogP contribution in [0.15, 0.2) is 30.5 Å². The molecule has 1 amide bonds. The number of hydrogen-bond donors (Lipinski definition) is 2. The molecule has 0 bridgehead atoms. The van der Waals surface area contributed by atoms with Gasteiger partial charge in [0.1, 0.15) is 6.61 Å². The third-order valence-electron chi connectivity index (χ3n) is 2.92. The Morgan fingerprint density at radius 1 is 1.42 bits per heavy atom. The summed E-state index contributed by atoms with van der Waals surface area (Å²) in [6.45, 7) is 4.40. The summed E-state index contributed by atoms with van der Waals surface area (Å²) < 4.78 is 42.0. The van der Waals surface area contributed by atoms with Gasteiger partial charge in [-0.3, -0.25) is 9.78 Å². The standard InChI is InChI=1S/C15H17F3N2O4/c1-9(14(23)24-6-5-21)7-13(22)20-10(2)12-4-3-11(8-19-12)15(16,17)18/h3-4,8,10,21H,1,5-7H2,2H3,(H,20,22)/t10-/m0/s1. The Bertz CT molecular complexity index is 600. The summed E-state index contributed by atoms with van der Waals surface area (Å²) in [5.41, 5.74) is -0.747. The molecule has 0 radical (unpaired) electrons. The molecule has 1 rings (SSSR count). The molecule has 0 saturated carbocycles. The molecule has 1 aromatic rings. The number of nitrogens with zero attached hydrogens (tertiary/aromatic N) is 1. The van der Waals surface area contributed by atoms with E-state index >= 15 is 0 Å². The van der Waals surface area contributed by atoms with Crippen LogP contribution in [-0.4, -0.2) is 35.2 Å². The summed E-state index contributed by atoms with van der Waals surface area (Å²) in [6, 6.07) is 1.38. The lowest BCUT2D eigenvalue weighted by molar-refractivity contribution is -0.141. The number of aromatic nitrogens is 1. The molecule has 1 heterocycles. The van der Waals surface area contributed by atoms with Gasteiger partial charge in [0.15, 0.2) is 0 Å². The molecule has 0 aliphatic heterocycles. The Balaban J connectivity index is 2.58. The summed E-state index contributed by atoms with van der Waals surface area (Å²) >= 11 is 0. The van der Waals surface area contributed by atoms with Crippen molar-refractivity contribution < 1.29 is 32.6 Å². The lowest BCUT2D eigenvalue weighted by atomic mass is 10.1. The molecule has 24 heavy (non-hydrogen) atoms. The number of halogens is 3. The van der Waals surface area contributed by atoms with Gasteiger partial charge in [-0.15, -0.1) is 0 Å². The largest absolute Gasteiger partial charge is 0.460 e. The summed E-state index contributed by atoms with van der Waals surface area (Å²) in [7, 11) is 0. The number of alkyl halides is 3. The average molecular weight is 346 g/mol. The number of amides is 1. The van der Waals surface area contributed by atoms with Gasteiger partial charge >= 0.3 is 12.1 Å². The van der Waals surface area contributed by atoms with E-state index in [-0.39, 0.29) is 30.9 Å². The normalized spacial score (nSPS) is 12.4. The van der Waals surface area contributed by atoms with Crippen molar-refractivity contribution >= 4 is 11.9 Å². The molecule has 6 nitrogen and oxygen atoms in total. The molecule has 2 N–H and O–H groups in total. The van der Waals surface area contributed by atoms with Crippen molar-refractivity contribution in [2.24, 2.45) is 0 Å². The molecule has 0 aliphatic carbocycles. The van der Waals surface area contributed by atoms with Gasteiger partial charge in [0.05, 0.1) is 30.3 Å². The maximum absolute atomic E-state index is 12.5. The molecule has 1 atom stereocenters. The molecule has 9 heteroatoms. The monoisotopic (exact) mass is 346 g/mol. The van der Waals surface area contributed by atoms with Gasteiger partial charge in [0.2, 0.25) is 5.91 Å². The van der Waals surface area contributed by atoms with Crippen LogP contribution in [0.1, 0.15) is 30.6 Å². The highest BCUT2D eigenvalue weighted by Gasteiger charge is 2.30. The zero-order valence-corrected chi connectivity index (χ0v) is 12.9. The van der Waals surface area contributed by atoms with E-state index in [0.717, 1.165) is 12.1 Å². The molecule has 0 saturated heterocycles. The summed E-state index contributed by atoms with van der Waals surface area (Å²) in [6.07, 6.45) is -4.14. The number of pyridine rings is 1. The number of esters is 1. The van der Waals surface area contributed by atoms with Crippen LogP contribution in [0.2, 0.25) is 0 Å². The number of hydrogen-bond acceptors (Lipinski definition) is 5. The average Bonchev–Trinajstić information content (AvgIpc) is 2.51. The van der Waals surface area contributed by atoms with Crippen molar-refractivity contribution in [3.8, 4) is 0 Å². The highest BCUT2D eigenvalue weighted by atomic mass is 19.4. The van der Waals surface area contributed by atoms with E-state index in [1.54, 1.807) is 6.92 Å². The highest BCUT2D eigenvalue weighted by Crippen LogP contribution is 2.28. The first-order valence-corrected chi connectivity index (χ1v) is 6.93. The molecule has 0 aliphatic rings. The molecular formula is C15H17F3N2O4. The number of aliphatic hydroxyl groups excluding tert-OH is 1. The first-order chi connectivity index (χ1) is 11.1. The molecule has 0 fully saturated rings. The molecule has 1 aromatic heterocycles. The minimum atomic E-state index is -4.48. The van der Waals surface area contributed by atoms with E-state index in [9.17, 15) is 22.8 Å². The van der Waals surface area contributed by atoms with Crippen molar-refractivity contribution in [3.05, 3.63) is 41.7 Å². The van der Waals surface area contributed by atoms with Gasteiger partial charge < -0.3 is 15.2 Å². The summed E-state index contributed by atoms with van der Waals surface area (Å²) in [5.74, 6) is -1.37. The lowest BCUT2D eigenvalue weighted by Crippen LogP contribution is -2.28. The topological polar surface area (TPSA) is 88.5 Å². The summed E-state index contributed by atoms with van der Waals surface area (Å²) in [5, 5.41) is 11.0. The number of aliphatic hydroxyl groups is 1. The van der Waals surface area contributed by atoms with Crippen LogP contribution in [0.3, 0.4) is 0 Å². The number of nitrogens with one attached hydrogen (secondary N) is 1. The lowest BCUT2D eigenvalue weighted by Gasteiger charge is -2.15. The fourth-order valence-electron chi connectivity index (χ4n) is 1.70. The van der Waals surface area contributed by atoms with Crippen LogP contribution in [0.4, 0.5) is 13.2 Å². The predicted octanol–water partition coefficient (Wildman–Crippen LogP) is 1.76. The Hall–Kier alpha value is -2.42. The van der Waals surface area contributed by atoms with Crippen LogP contribution < -0.4 is 5.32 Å². The van der Waals surface area contributed by atoms with Crippen LogP contribution in [0, 0.1) is 0 Å². The van der Waals surface area contributed by atoms with Gasteiger partial charge in [-0.1, -0.05) is 6.58 Å². The molecule has 0 unspecified atom stereocenters. The predicted molar refractivity (Wildman–Crippen MR) is 77.6 cm³/mol.